The molecule has 0 unspecified atom stereocenters. The van der Waals surface area contributed by atoms with Gasteiger partial charge in [0, 0.05) is 18.3 Å². The Balaban J connectivity index is 1.64. The molecule has 0 spiro atoms. The summed E-state index contributed by atoms with van der Waals surface area (Å²) in [5.41, 5.74) is 4.33. The largest absolute Gasteiger partial charge is 0.479 e. The fourth-order valence-corrected chi connectivity index (χ4v) is 3.01. The molecule has 0 bridgehead atoms. The van der Waals surface area contributed by atoms with Gasteiger partial charge >= 0.3 is 5.97 Å². The number of rotatable bonds is 9. The number of nitrogens with zero attached hydrogens (tertiary/aromatic N) is 1. The van der Waals surface area contributed by atoms with Gasteiger partial charge in [-0.3, -0.25) is 4.79 Å². The highest BCUT2D eigenvalue weighted by Gasteiger charge is 2.13. The lowest BCUT2D eigenvalue weighted by molar-refractivity contribution is -0.149. The van der Waals surface area contributed by atoms with Gasteiger partial charge in [0.25, 0.3) is 0 Å². The standard InChI is InChI=1S/C25H25NO4/c1-18-10-12-22(13-11-18)24(27)23-9-5-15-26(23)14-4-8-20-6-3-7-21(16-20)17-30-19(2)25(28)29/h3-13,15-16,19H,14,17H2,1-2H3,(H,28,29)/t19-/m0/s1. The number of aromatic nitrogens is 1. The molecule has 1 N–H and O–H groups in total. The van der Waals surface area contributed by atoms with E-state index in [4.69, 9.17) is 9.84 Å². The van der Waals surface area contributed by atoms with Gasteiger partial charge < -0.3 is 14.4 Å². The number of carboxylic acids is 1. The Hall–Kier alpha value is -3.44. The van der Waals surface area contributed by atoms with Gasteiger partial charge in [-0.2, -0.15) is 0 Å². The minimum Gasteiger partial charge on any atom is -0.479 e. The quantitative estimate of drug-likeness (QED) is 0.525. The van der Waals surface area contributed by atoms with E-state index in [2.05, 4.69) is 0 Å². The van der Waals surface area contributed by atoms with Crippen LogP contribution in [0.25, 0.3) is 6.08 Å². The zero-order chi connectivity index (χ0) is 21.5. The lowest BCUT2D eigenvalue weighted by Gasteiger charge is -2.09. The SMILES string of the molecule is Cc1ccc(C(=O)c2cccn2CC=Cc2cccc(CO[C@@H](C)C(=O)O)c2)cc1. The lowest BCUT2D eigenvalue weighted by Crippen LogP contribution is -2.19. The second-order valence-corrected chi connectivity index (χ2v) is 7.18. The zero-order valence-corrected chi connectivity index (χ0v) is 17.1. The van der Waals surface area contributed by atoms with Crippen LogP contribution in [-0.4, -0.2) is 27.5 Å². The maximum absolute atomic E-state index is 12.8. The van der Waals surface area contributed by atoms with Crippen molar-refractivity contribution >= 4 is 17.8 Å². The number of benzene rings is 2. The van der Waals surface area contributed by atoms with Crippen molar-refractivity contribution in [3.05, 3.63) is 101 Å². The van der Waals surface area contributed by atoms with Gasteiger partial charge in [0.05, 0.1) is 12.3 Å². The molecule has 154 valence electrons. The second-order valence-electron chi connectivity index (χ2n) is 7.18. The second kappa shape index (κ2) is 9.85. The highest BCUT2D eigenvalue weighted by atomic mass is 16.5. The number of carbonyl (C=O) groups excluding carboxylic acids is 1. The van der Waals surface area contributed by atoms with Crippen molar-refractivity contribution < 1.29 is 19.4 Å². The van der Waals surface area contributed by atoms with Crippen LogP contribution in [0.4, 0.5) is 0 Å². The third kappa shape index (κ3) is 5.55. The van der Waals surface area contributed by atoms with Crippen molar-refractivity contribution in [1.82, 2.24) is 4.57 Å². The van der Waals surface area contributed by atoms with Gasteiger partial charge in [0.1, 0.15) is 0 Å². The summed E-state index contributed by atoms with van der Waals surface area (Å²) in [5.74, 6) is -0.978. The van der Waals surface area contributed by atoms with E-state index in [0.717, 1.165) is 16.7 Å². The number of ketones is 1. The Morgan fingerprint density at radius 2 is 1.87 bits per heavy atom. The summed E-state index contributed by atoms with van der Waals surface area (Å²) >= 11 is 0. The summed E-state index contributed by atoms with van der Waals surface area (Å²) in [6, 6.07) is 19.0. The van der Waals surface area contributed by atoms with Crippen molar-refractivity contribution in [3.63, 3.8) is 0 Å². The van der Waals surface area contributed by atoms with Crippen LogP contribution in [0.1, 0.15) is 39.7 Å². The zero-order valence-electron chi connectivity index (χ0n) is 17.1. The first-order chi connectivity index (χ1) is 14.4. The summed E-state index contributed by atoms with van der Waals surface area (Å²) in [7, 11) is 0. The third-order valence-electron chi connectivity index (χ3n) is 4.79. The molecule has 1 atom stereocenters. The molecule has 5 nitrogen and oxygen atoms in total. The van der Waals surface area contributed by atoms with Crippen molar-refractivity contribution in [2.45, 2.75) is 33.1 Å². The van der Waals surface area contributed by atoms with E-state index in [0.29, 0.717) is 17.8 Å². The fraction of sp³-hybridized carbons (Fsp3) is 0.200. The summed E-state index contributed by atoms with van der Waals surface area (Å²) in [5, 5.41) is 8.91. The van der Waals surface area contributed by atoms with Crippen LogP contribution in [-0.2, 0) is 22.7 Å². The first-order valence-electron chi connectivity index (χ1n) is 9.80. The molecule has 0 aliphatic rings. The van der Waals surface area contributed by atoms with E-state index in [1.807, 2.05) is 90.5 Å². The highest BCUT2D eigenvalue weighted by Crippen LogP contribution is 2.14. The molecule has 1 heterocycles. The van der Waals surface area contributed by atoms with Crippen LogP contribution in [0.5, 0.6) is 0 Å². The van der Waals surface area contributed by atoms with Crippen molar-refractivity contribution in [3.8, 4) is 0 Å². The van der Waals surface area contributed by atoms with E-state index in [1.165, 1.54) is 6.92 Å². The van der Waals surface area contributed by atoms with E-state index < -0.39 is 12.1 Å². The molecule has 0 aliphatic carbocycles. The number of carboxylic acid groups (broad SMARTS) is 1. The van der Waals surface area contributed by atoms with Gasteiger partial charge in [-0.25, -0.2) is 4.79 Å². The fourth-order valence-electron chi connectivity index (χ4n) is 3.01. The Morgan fingerprint density at radius 1 is 1.10 bits per heavy atom. The molecule has 3 aromatic rings. The van der Waals surface area contributed by atoms with E-state index in [-0.39, 0.29) is 12.4 Å². The lowest BCUT2D eigenvalue weighted by atomic mass is 10.1. The number of carbonyl (C=O) groups is 2. The Morgan fingerprint density at radius 3 is 2.60 bits per heavy atom. The molecule has 0 fully saturated rings. The summed E-state index contributed by atoms with van der Waals surface area (Å²) < 4.78 is 7.25. The molecular weight excluding hydrogens is 378 g/mol. The van der Waals surface area contributed by atoms with Crippen LogP contribution < -0.4 is 0 Å². The summed E-state index contributed by atoms with van der Waals surface area (Å²) in [4.78, 5) is 23.7. The molecule has 3 rings (SSSR count). The Kier molecular flexibility index (Phi) is 6.99. The molecule has 30 heavy (non-hydrogen) atoms. The van der Waals surface area contributed by atoms with Crippen LogP contribution >= 0.6 is 0 Å². The van der Waals surface area contributed by atoms with E-state index in [9.17, 15) is 9.59 Å². The van der Waals surface area contributed by atoms with Gasteiger partial charge in [0.15, 0.2) is 6.10 Å². The molecule has 5 heteroatoms. The normalized spacial score (nSPS) is 12.2. The number of hydrogen-bond acceptors (Lipinski definition) is 3. The first-order valence-corrected chi connectivity index (χ1v) is 9.80. The highest BCUT2D eigenvalue weighted by molar-refractivity contribution is 6.08. The molecule has 0 radical (unpaired) electrons. The molecule has 2 aromatic carbocycles. The van der Waals surface area contributed by atoms with Gasteiger partial charge in [-0.05, 0) is 43.2 Å². The van der Waals surface area contributed by atoms with Crippen molar-refractivity contribution in [2.75, 3.05) is 0 Å². The van der Waals surface area contributed by atoms with Gasteiger partial charge in [-0.1, -0.05) is 60.2 Å². The predicted octanol–water partition coefficient (Wildman–Crippen LogP) is 4.73. The van der Waals surface area contributed by atoms with Crippen LogP contribution in [0, 0.1) is 6.92 Å². The number of aryl methyl sites for hydroxylation is 1. The topological polar surface area (TPSA) is 68.5 Å². The predicted molar refractivity (Wildman–Crippen MR) is 116 cm³/mol. The minimum atomic E-state index is -0.978. The van der Waals surface area contributed by atoms with Crippen molar-refractivity contribution in [2.24, 2.45) is 0 Å². The minimum absolute atomic E-state index is 0.0000893. The molecule has 0 saturated heterocycles. The molecule has 0 amide bonds. The van der Waals surface area contributed by atoms with Gasteiger partial charge in [0.2, 0.25) is 5.78 Å². The van der Waals surface area contributed by atoms with Gasteiger partial charge in [-0.15, -0.1) is 0 Å². The monoisotopic (exact) mass is 403 g/mol. The maximum Gasteiger partial charge on any atom is 0.332 e. The van der Waals surface area contributed by atoms with Crippen LogP contribution in [0.3, 0.4) is 0 Å². The average Bonchev–Trinajstić information content (AvgIpc) is 3.21. The van der Waals surface area contributed by atoms with Crippen LogP contribution in [0.2, 0.25) is 0 Å². The first kappa shape index (κ1) is 21.3. The molecule has 0 aliphatic heterocycles. The third-order valence-corrected chi connectivity index (χ3v) is 4.79. The maximum atomic E-state index is 12.8. The number of allylic oxidation sites excluding steroid dienone is 1. The Bertz CT molecular complexity index is 1050. The Labute approximate surface area is 176 Å². The summed E-state index contributed by atoms with van der Waals surface area (Å²) in [6.07, 6.45) is 5.02. The molecular formula is C25H25NO4. The van der Waals surface area contributed by atoms with E-state index in [1.54, 1.807) is 0 Å². The number of ether oxygens (including phenoxy) is 1. The van der Waals surface area contributed by atoms with E-state index >= 15 is 0 Å². The number of aliphatic carboxylic acids is 1. The van der Waals surface area contributed by atoms with Crippen LogP contribution in [0.15, 0.2) is 72.9 Å². The average molecular weight is 403 g/mol. The molecule has 0 saturated carbocycles. The summed E-state index contributed by atoms with van der Waals surface area (Å²) in [6.45, 7) is 4.31. The number of hydrogen-bond donors (Lipinski definition) is 1. The van der Waals surface area contributed by atoms with Crippen molar-refractivity contribution in [1.29, 1.82) is 0 Å². The molecule has 1 aromatic heterocycles. The smallest absolute Gasteiger partial charge is 0.332 e.